The van der Waals surface area contributed by atoms with Crippen LogP contribution in [0.2, 0.25) is 0 Å². The normalized spacial score (nSPS) is 35.0. The van der Waals surface area contributed by atoms with Crippen LogP contribution in [0.3, 0.4) is 0 Å². The molecule has 0 unspecified atom stereocenters. The number of ether oxygens (including phenoxy) is 1. The van der Waals surface area contributed by atoms with Gasteiger partial charge in [0.15, 0.2) is 0 Å². The summed E-state index contributed by atoms with van der Waals surface area (Å²) in [4.78, 5) is 12.1. The maximum atomic E-state index is 12.1. The Labute approximate surface area is 125 Å². The summed E-state index contributed by atoms with van der Waals surface area (Å²) in [7, 11) is 0. The van der Waals surface area contributed by atoms with Gasteiger partial charge in [0.1, 0.15) is 0 Å². The van der Waals surface area contributed by atoms with Gasteiger partial charge in [0.05, 0.1) is 5.60 Å². The largest absolute Gasteiger partial charge is 0.374 e. The molecule has 1 aliphatic carbocycles. The number of thioether (sulfide) groups is 1. The van der Waals surface area contributed by atoms with Gasteiger partial charge < -0.3 is 15.4 Å². The van der Waals surface area contributed by atoms with Gasteiger partial charge >= 0.3 is 6.03 Å². The number of amides is 2. The highest BCUT2D eigenvalue weighted by Crippen LogP contribution is 2.38. The molecular formula is C15H26N2O2S. The first-order valence-electron chi connectivity index (χ1n) is 7.94. The molecule has 0 bridgehead atoms. The van der Waals surface area contributed by atoms with Crippen molar-refractivity contribution in [2.45, 2.75) is 63.1 Å². The third kappa shape index (κ3) is 3.82. The lowest BCUT2D eigenvalue weighted by molar-refractivity contribution is -0.0684. The van der Waals surface area contributed by atoms with Crippen LogP contribution < -0.4 is 10.6 Å². The van der Waals surface area contributed by atoms with Crippen molar-refractivity contribution in [1.82, 2.24) is 10.6 Å². The van der Waals surface area contributed by atoms with E-state index in [0.29, 0.717) is 6.04 Å². The van der Waals surface area contributed by atoms with Crippen LogP contribution in [-0.2, 0) is 4.74 Å². The van der Waals surface area contributed by atoms with Crippen LogP contribution in [0.4, 0.5) is 4.79 Å². The fourth-order valence-electron chi connectivity index (χ4n) is 3.38. The second-order valence-corrected chi connectivity index (χ2v) is 7.83. The third-order valence-corrected chi connectivity index (χ3v) is 5.88. The second kappa shape index (κ2) is 6.14. The number of carbonyl (C=O) groups excluding carboxylic acids is 1. The molecule has 2 N–H and O–H groups in total. The van der Waals surface area contributed by atoms with E-state index in [4.69, 9.17) is 4.74 Å². The molecule has 0 aromatic carbocycles. The van der Waals surface area contributed by atoms with E-state index in [9.17, 15) is 4.79 Å². The minimum absolute atomic E-state index is 0.00542. The number of rotatable bonds is 4. The van der Waals surface area contributed by atoms with Crippen molar-refractivity contribution in [2.24, 2.45) is 5.92 Å². The van der Waals surface area contributed by atoms with Crippen LogP contribution in [-0.4, -0.2) is 41.8 Å². The topological polar surface area (TPSA) is 50.4 Å². The zero-order valence-corrected chi connectivity index (χ0v) is 13.1. The van der Waals surface area contributed by atoms with Gasteiger partial charge in [-0.2, -0.15) is 11.8 Å². The molecule has 2 saturated heterocycles. The van der Waals surface area contributed by atoms with Gasteiger partial charge in [0, 0.05) is 24.4 Å². The van der Waals surface area contributed by atoms with Crippen molar-refractivity contribution in [3.8, 4) is 0 Å². The lowest BCUT2D eigenvalue weighted by Gasteiger charge is -2.38. The Bertz CT molecular complexity index is 354. The quantitative estimate of drug-likeness (QED) is 0.838. The lowest BCUT2D eigenvalue weighted by Crippen LogP contribution is -2.52. The first-order chi connectivity index (χ1) is 9.65. The highest BCUT2D eigenvalue weighted by atomic mass is 32.2. The fourth-order valence-corrected chi connectivity index (χ4v) is 4.76. The zero-order chi connectivity index (χ0) is 14.0. The first kappa shape index (κ1) is 14.5. The van der Waals surface area contributed by atoms with E-state index in [1.807, 2.05) is 11.8 Å². The number of hydrogen-bond acceptors (Lipinski definition) is 3. The van der Waals surface area contributed by atoms with Crippen LogP contribution in [0.15, 0.2) is 0 Å². The molecule has 0 aromatic heterocycles. The molecule has 1 spiro atoms. The van der Waals surface area contributed by atoms with E-state index >= 15 is 0 Å². The lowest BCUT2D eigenvalue weighted by atomic mass is 9.90. The smallest absolute Gasteiger partial charge is 0.315 e. The molecule has 1 saturated carbocycles. The molecule has 0 radical (unpaired) electrons. The van der Waals surface area contributed by atoms with Crippen molar-refractivity contribution >= 4 is 17.8 Å². The standard InChI is InChI=1S/C15H26N2O2S/c1-11(8-12-2-3-12)16-14(18)17-13-4-6-19-15(9-13)5-7-20-10-15/h11-13H,2-10H2,1H3,(H2,16,17,18)/t11-,13-,15-/m1/s1. The Hall–Kier alpha value is -0.420. The molecule has 4 nitrogen and oxygen atoms in total. The monoisotopic (exact) mass is 298 g/mol. The molecular weight excluding hydrogens is 272 g/mol. The maximum absolute atomic E-state index is 12.1. The van der Waals surface area contributed by atoms with Crippen LogP contribution in [0.1, 0.15) is 45.4 Å². The molecule has 0 aromatic rings. The number of urea groups is 1. The molecule has 3 atom stereocenters. The molecule has 3 aliphatic rings. The Morgan fingerprint density at radius 1 is 1.45 bits per heavy atom. The van der Waals surface area contributed by atoms with Crippen LogP contribution in [0.5, 0.6) is 0 Å². The van der Waals surface area contributed by atoms with E-state index in [-0.39, 0.29) is 17.7 Å². The summed E-state index contributed by atoms with van der Waals surface area (Å²) in [5.41, 5.74) is 0.0422. The van der Waals surface area contributed by atoms with Crippen molar-refractivity contribution in [1.29, 1.82) is 0 Å². The summed E-state index contributed by atoms with van der Waals surface area (Å²) in [5, 5.41) is 6.24. The van der Waals surface area contributed by atoms with Crippen molar-refractivity contribution < 1.29 is 9.53 Å². The van der Waals surface area contributed by atoms with Gasteiger partial charge in [-0.25, -0.2) is 4.79 Å². The van der Waals surface area contributed by atoms with Gasteiger partial charge in [0.2, 0.25) is 0 Å². The number of carbonyl (C=O) groups is 1. The minimum Gasteiger partial charge on any atom is -0.374 e. The third-order valence-electron chi connectivity index (χ3n) is 4.66. The predicted octanol–water partition coefficient (Wildman–Crippen LogP) is 2.53. The Kier molecular flexibility index (Phi) is 4.46. The maximum Gasteiger partial charge on any atom is 0.315 e. The molecule has 3 rings (SSSR count). The Balaban J connectivity index is 1.43. The summed E-state index contributed by atoms with van der Waals surface area (Å²) in [5.74, 6) is 3.13. The van der Waals surface area contributed by atoms with E-state index in [2.05, 4.69) is 17.6 Å². The van der Waals surface area contributed by atoms with Gasteiger partial charge in [-0.15, -0.1) is 0 Å². The van der Waals surface area contributed by atoms with Crippen LogP contribution in [0.25, 0.3) is 0 Å². The summed E-state index contributed by atoms with van der Waals surface area (Å²) in [6.45, 7) is 2.89. The van der Waals surface area contributed by atoms with Gasteiger partial charge in [0.25, 0.3) is 0 Å². The predicted molar refractivity (Wildman–Crippen MR) is 82.1 cm³/mol. The van der Waals surface area contributed by atoms with Gasteiger partial charge in [-0.3, -0.25) is 0 Å². The molecule has 2 amide bonds. The zero-order valence-electron chi connectivity index (χ0n) is 12.3. The highest BCUT2D eigenvalue weighted by Gasteiger charge is 2.40. The summed E-state index contributed by atoms with van der Waals surface area (Å²) in [6.07, 6.45) is 6.86. The summed E-state index contributed by atoms with van der Waals surface area (Å²) in [6, 6.07) is 0.569. The average molecular weight is 298 g/mol. The van der Waals surface area contributed by atoms with E-state index < -0.39 is 0 Å². The molecule has 2 aliphatic heterocycles. The van der Waals surface area contributed by atoms with Crippen molar-refractivity contribution in [3.63, 3.8) is 0 Å². The average Bonchev–Trinajstić information content (AvgIpc) is 3.09. The molecule has 5 heteroatoms. The van der Waals surface area contributed by atoms with E-state index in [1.165, 1.54) is 18.6 Å². The number of hydrogen-bond donors (Lipinski definition) is 2. The summed E-state index contributed by atoms with van der Waals surface area (Å²) < 4.78 is 5.99. The molecule has 3 fully saturated rings. The first-order valence-corrected chi connectivity index (χ1v) is 9.09. The Morgan fingerprint density at radius 2 is 2.30 bits per heavy atom. The van der Waals surface area contributed by atoms with Crippen molar-refractivity contribution in [3.05, 3.63) is 0 Å². The van der Waals surface area contributed by atoms with Gasteiger partial charge in [-0.05, 0) is 44.3 Å². The minimum atomic E-state index is 0.00542. The van der Waals surface area contributed by atoms with Crippen LogP contribution >= 0.6 is 11.8 Å². The summed E-state index contributed by atoms with van der Waals surface area (Å²) >= 11 is 1.97. The van der Waals surface area contributed by atoms with Crippen molar-refractivity contribution in [2.75, 3.05) is 18.1 Å². The van der Waals surface area contributed by atoms with Gasteiger partial charge in [-0.1, -0.05) is 12.8 Å². The number of nitrogens with one attached hydrogen (secondary N) is 2. The molecule has 2 heterocycles. The van der Waals surface area contributed by atoms with E-state index in [0.717, 1.165) is 44.0 Å². The molecule has 20 heavy (non-hydrogen) atoms. The fraction of sp³-hybridized carbons (Fsp3) is 0.933. The van der Waals surface area contributed by atoms with E-state index in [1.54, 1.807) is 0 Å². The molecule has 114 valence electrons. The highest BCUT2D eigenvalue weighted by molar-refractivity contribution is 7.99. The van der Waals surface area contributed by atoms with Crippen LogP contribution in [0, 0.1) is 5.92 Å². The SMILES string of the molecule is C[C@H](CC1CC1)NC(=O)N[C@@H]1CCO[C@]2(CCSC2)C1. The Morgan fingerprint density at radius 3 is 3.00 bits per heavy atom. The second-order valence-electron chi connectivity index (χ2n) is 6.72.